The monoisotopic (exact) mass is 215 g/mol. The minimum absolute atomic E-state index is 0.118. The summed E-state index contributed by atoms with van der Waals surface area (Å²) >= 11 is 0. The normalized spacial score (nSPS) is 29.6. The van der Waals surface area contributed by atoms with Crippen LogP contribution in [0.4, 0.5) is 0 Å². The molecule has 0 amide bonds. The smallest absolute Gasteiger partial charge is 0.0698 e. The van der Waals surface area contributed by atoms with E-state index in [4.69, 9.17) is 9.84 Å². The van der Waals surface area contributed by atoms with Crippen LogP contribution in [0.2, 0.25) is 0 Å². The highest BCUT2D eigenvalue weighted by Gasteiger charge is 2.35. The van der Waals surface area contributed by atoms with Gasteiger partial charge in [-0.3, -0.25) is 0 Å². The molecule has 0 aromatic rings. The molecule has 0 heterocycles. The number of hydrogen-bond donors (Lipinski definition) is 2. The molecule has 0 spiro atoms. The van der Waals surface area contributed by atoms with Crippen LogP contribution >= 0.6 is 0 Å². The van der Waals surface area contributed by atoms with E-state index in [0.29, 0.717) is 24.7 Å². The van der Waals surface area contributed by atoms with E-state index in [1.165, 1.54) is 12.8 Å². The molecule has 1 aliphatic rings. The third-order valence-electron chi connectivity index (χ3n) is 3.22. The van der Waals surface area contributed by atoms with Crippen molar-refractivity contribution in [3.63, 3.8) is 0 Å². The minimum atomic E-state index is 0.118. The zero-order valence-electron chi connectivity index (χ0n) is 10.3. The standard InChI is InChI=1S/C12H25NO2/c1-10-8-12(2,3)9-11(10)13-4-6-15-7-5-14/h10-11,13-14H,4-9H2,1-3H3. The van der Waals surface area contributed by atoms with E-state index in [1.807, 2.05) is 0 Å². The van der Waals surface area contributed by atoms with Crippen molar-refractivity contribution in [1.29, 1.82) is 0 Å². The molecule has 3 nitrogen and oxygen atoms in total. The van der Waals surface area contributed by atoms with E-state index >= 15 is 0 Å². The first-order chi connectivity index (χ1) is 7.05. The van der Waals surface area contributed by atoms with Crippen molar-refractivity contribution in [2.24, 2.45) is 11.3 Å². The molecule has 1 aliphatic carbocycles. The van der Waals surface area contributed by atoms with Crippen molar-refractivity contribution in [2.75, 3.05) is 26.4 Å². The topological polar surface area (TPSA) is 41.5 Å². The van der Waals surface area contributed by atoms with Gasteiger partial charge in [0, 0.05) is 12.6 Å². The molecule has 1 rings (SSSR count). The molecule has 1 saturated carbocycles. The van der Waals surface area contributed by atoms with Gasteiger partial charge in [0.05, 0.1) is 19.8 Å². The summed E-state index contributed by atoms with van der Waals surface area (Å²) in [5, 5.41) is 12.1. The van der Waals surface area contributed by atoms with Crippen molar-refractivity contribution >= 4 is 0 Å². The van der Waals surface area contributed by atoms with Gasteiger partial charge in [-0.25, -0.2) is 0 Å². The fourth-order valence-electron chi connectivity index (χ4n) is 2.65. The maximum atomic E-state index is 8.54. The van der Waals surface area contributed by atoms with Crippen LogP contribution in [0.25, 0.3) is 0 Å². The van der Waals surface area contributed by atoms with Crippen molar-refractivity contribution in [3.8, 4) is 0 Å². The molecule has 90 valence electrons. The highest BCUT2D eigenvalue weighted by atomic mass is 16.5. The third-order valence-corrected chi connectivity index (χ3v) is 3.22. The molecule has 0 aromatic heterocycles. The summed E-state index contributed by atoms with van der Waals surface area (Å²) in [6.07, 6.45) is 2.57. The molecule has 0 radical (unpaired) electrons. The number of rotatable bonds is 6. The lowest BCUT2D eigenvalue weighted by Gasteiger charge is -2.18. The number of aliphatic hydroxyl groups is 1. The summed E-state index contributed by atoms with van der Waals surface area (Å²) in [6.45, 7) is 9.16. The molecular formula is C12H25NO2. The average molecular weight is 215 g/mol. The predicted molar refractivity (Wildman–Crippen MR) is 61.9 cm³/mol. The second kappa shape index (κ2) is 5.83. The van der Waals surface area contributed by atoms with Crippen LogP contribution in [0.15, 0.2) is 0 Å². The molecule has 0 aromatic carbocycles. The van der Waals surface area contributed by atoms with Crippen LogP contribution in [0, 0.1) is 11.3 Å². The van der Waals surface area contributed by atoms with Gasteiger partial charge in [-0.2, -0.15) is 0 Å². The lowest BCUT2D eigenvalue weighted by Crippen LogP contribution is -2.34. The zero-order valence-corrected chi connectivity index (χ0v) is 10.3. The minimum Gasteiger partial charge on any atom is -0.394 e. The highest BCUT2D eigenvalue weighted by molar-refractivity contribution is 4.90. The van der Waals surface area contributed by atoms with Gasteiger partial charge >= 0.3 is 0 Å². The SMILES string of the molecule is CC1CC(C)(C)CC1NCCOCCO. The Morgan fingerprint density at radius 3 is 2.60 bits per heavy atom. The van der Waals surface area contributed by atoms with Crippen molar-refractivity contribution in [3.05, 3.63) is 0 Å². The number of nitrogens with one attached hydrogen (secondary N) is 1. The molecule has 1 fully saturated rings. The number of aliphatic hydroxyl groups excluding tert-OH is 1. The van der Waals surface area contributed by atoms with Crippen molar-refractivity contribution in [1.82, 2.24) is 5.32 Å². The maximum absolute atomic E-state index is 8.54. The van der Waals surface area contributed by atoms with Gasteiger partial charge in [0.25, 0.3) is 0 Å². The Balaban J connectivity index is 2.11. The molecular weight excluding hydrogens is 190 g/mol. The Morgan fingerprint density at radius 1 is 1.33 bits per heavy atom. The van der Waals surface area contributed by atoms with Gasteiger partial charge in [-0.05, 0) is 24.2 Å². The Bertz CT molecular complexity index is 182. The van der Waals surface area contributed by atoms with Crippen molar-refractivity contribution < 1.29 is 9.84 Å². The average Bonchev–Trinajstić information content (AvgIpc) is 2.39. The van der Waals surface area contributed by atoms with E-state index < -0.39 is 0 Å². The molecule has 2 unspecified atom stereocenters. The van der Waals surface area contributed by atoms with Gasteiger partial charge < -0.3 is 15.2 Å². The van der Waals surface area contributed by atoms with Gasteiger partial charge in [0.15, 0.2) is 0 Å². The summed E-state index contributed by atoms with van der Waals surface area (Å²) < 4.78 is 5.22. The van der Waals surface area contributed by atoms with Crippen LogP contribution in [-0.2, 0) is 4.74 Å². The summed E-state index contributed by atoms with van der Waals surface area (Å²) in [5.41, 5.74) is 0.489. The summed E-state index contributed by atoms with van der Waals surface area (Å²) in [6, 6.07) is 0.637. The van der Waals surface area contributed by atoms with Gasteiger partial charge in [-0.1, -0.05) is 20.8 Å². The number of hydrogen-bond acceptors (Lipinski definition) is 3. The fourth-order valence-corrected chi connectivity index (χ4v) is 2.65. The second-order valence-electron chi connectivity index (χ2n) is 5.45. The molecule has 2 atom stereocenters. The first-order valence-corrected chi connectivity index (χ1v) is 5.97. The molecule has 15 heavy (non-hydrogen) atoms. The maximum Gasteiger partial charge on any atom is 0.0698 e. The summed E-state index contributed by atoms with van der Waals surface area (Å²) in [5.74, 6) is 0.762. The molecule has 2 N–H and O–H groups in total. The molecule has 0 aliphatic heterocycles. The Kier molecular flexibility index (Phi) is 5.03. The summed E-state index contributed by atoms with van der Waals surface area (Å²) in [4.78, 5) is 0. The lowest BCUT2D eigenvalue weighted by atomic mass is 9.91. The van der Waals surface area contributed by atoms with Crippen molar-refractivity contribution in [2.45, 2.75) is 39.7 Å². The molecule has 0 bridgehead atoms. The second-order valence-corrected chi connectivity index (χ2v) is 5.45. The van der Waals surface area contributed by atoms with Crippen LogP contribution < -0.4 is 5.32 Å². The fraction of sp³-hybridized carbons (Fsp3) is 1.00. The van der Waals surface area contributed by atoms with Gasteiger partial charge in [0.2, 0.25) is 0 Å². The first kappa shape index (κ1) is 12.9. The zero-order chi connectivity index (χ0) is 11.3. The van der Waals surface area contributed by atoms with E-state index in [0.717, 1.165) is 12.5 Å². The van der Waals surface area contributed by atoms with E-state index in [9.17, 15) is 0 Å². The van der Waals surface area contributed by atoms with Gasteiger partial charge in [0.1, 0.15) is 0 Å². The van der Waals surface area contributed by atoms with Crippen LogP contribution in [0.3, 0.4) is 0 Å². The Hall–Kier alpha value is -0.120. The van der Waals surface area contributed by atoms with E-state index in [1.54, 1.807) is 0 Å². The molecule has 0 saturated heterocycles. The largest absolute Gasteiger partial charge is 0.394 e. The van der Waals surface area contributed by atoms with Crippen LogP contribution in [-0.4, -0.2) is 37.5 Å². The first-order valence-electron chi connectivity index (χ1n) is 5.97. The highest BCUT2D eigenvalue weighted by Crippen LogP contribution is 2.40. The summed E-state index contributed by atoms with van der Waals surface area (Å²) in [7, 11) is 0. The van der Waals surface area contributed by atoms with E-state index in [-0.39, 0.29) is 6.61 Å². The Labute approximate surface area is 93.2 Å². The quantitative estimate of drug-likeness (QED) is 0.658. The van der Waals surface area contributed by atoms with Gasteiger partial charge in [-0.15, -0.1) is 0 Å². The van der Waals surface area contributed by atoms with E-state index in [2.05, 4.69) is 26.1 Å². The Morgan fingerprint density at radius 2 is 2.07 bits per heavy atom. The number of ether oxygens (including phenoxy) is 1. The lowest BCUT2D eigenvalue weighted by molar-refractivity contribution is 0.0919. The molecule has 3 heteroatoms. The van der Waals surface area contributed by atoms with Crippen LogP contribution in [0.5, 0.6) is 0 Å². The van der Waals surface area contributed by atoms with Crippen LogP contribution in [0.1, 0.15) is 33.6 Å². The third kappa shape index (κ3) is 4.49. The predicted octanol–water partition coefficient (Wildman–Crippen LogP) is 1.41.